The van der Waals surface area contributed by atoms with Crippen LogP contribution in [0.2, 0.25) is 0 Å². The van der Waals surface area contributed by atoms with E-state index in [0.717, 1.165) is 11.1 Å². The molecule has 0 fully saturated rings. The van der Waals surface area contributed by atoms with Crippen molar-refractivity contribution in [1.82, 2.24) is 9.61 Å². The fourth-order valence-corrected chi connectivity index (χ4v) is 2.96. The van der Waals surface area contributed by atoms with E-state index in [2.05, 4.69) is 5.10 Å². The topological polar surface area (TPSA) is 51.4 Å². The number of carbonyl (C=O) groups excluding carboxylic acids is 2. The van der Waals surface area contributed by atoms with Gasteiger partial charge in [0.15, 0.2) is 11.6 Å². The number of rotatable bonds is 2. The van der Waals surface area contributed by atoms with E-state index in [-0.39, 0.29) is 11.6 Å². The van der Waals surface area contributed by atoms with E-state index in [0.29, 0.717) is 17.5 Å². The highest BCUT2D eigenvalue weighted by molar-refractivity contribution is 6.20. The zero-order chi connectivity index (χ0) is 14.4. The lowest BCUT2D eigenvalue weighted by atomic mass is 9.95. The summed E-state index contributed by atoms with van der Waals surface area (Å²) in [6, 6.07) is 13.0. The Kier molecular flexibility index (Phi) is 2.51. The number of fused-ring (bicyclic) bond motifs is 2. The van der Waals surface area contributed by atoms with Gasteiger partial charge in [-0.15, -0.1) is 0 Å². The zero-order valence-electron chi connectivity index (χ0n) is 11.2. The molecule has 3 aromatic rings. The van der Waals surface area contributed by atoms with E-state index < -0.39 is 5.92 Å². The molecule has 0 spiro atoms. The normalized spacial score (nSPS) is 17.1. The first-order valence-electron chi connectivity index (χ1n) is 6.84. The lowest BCUT2D eigenvalue weighted by Crippen LogP contribution is -2.20. The first-order chi connectivity index (χ1) is 10.3. The fraction of sp³-hybridized carbons (Fsp3) is 0.118. The molecule has 0 N–H and O–H groups in total. The molecule has 1 aliphatic rings. The Balaban J connectivity index is 1.75. The smallest absolute Gasteiger partial charge is 0.177 e. The van der Waals surface area contributed by atoms with Crippen LogP contribution in [-0.4, -0.2) is 21.2 Å². The van der Waals surface area contributed by atoms with Crippen LogP contribution in [0.1, 0.15) is 26.3 Å². The molecule has 2 heterocycles. The van der Waals surface area contributed by atoms with Gasteiger partial charge < -0.3 is 0 Å². The third-order valence-electron chi connectivity index (χ3n) is 4.03. The van der Waals surface area contributed by atoms with Crippen molar-refractivity contribution in [2.75, 3.05) is 0 Å². The molecule has 0 saturated carbocycles. The van der Waals surface area contributed by atoms with E-state index in [1.807, 2.05) is 36.4 Å². The van der Waals surface area contributed by atoms with Gasteiger partial charge in [0.25, 0.3) is 0 Å². The van der Waals surface area contributed by atoms with Gasteiger partial charge in [0.1, 0.15) is 0 Å². The summed E-state index contributed by atoms with van der Waals surface area (Å²) in [6.45, 7) is 0. The van der Waals surface area contributed by atoms with Crippen LogP contribution in [0.3, 0.4) is 0 Å². The summed E-state index contributed by atoms with van der Waals surface area (Å²) in [4.78, 5) is 25.1. The van der Waals surface area contributed by atoms with Crippen molar-refractivity contribution in [2.24, 2.45) is 5.92 Å². The predicted octanol–water partition coefficient (Wildman–Crippen LogP) is 2.57. The highest BCUT2D eigenvalue weighted by atomic mass is 16.2. The minimum Gasteiger partial charge on any atom is -0.293 e. The second-order valence-electron chi connectivity index (χ2n) is 5.23. The van der Waals surface area contributed by atoms with Gasteiger partial charge in [-0.1, -0.05) is 30.3 Å². The van der Waals surface area contributed by atoms with E-state index in [4.69, 9.17) is 0 Å². The second-order valence-corrected chi connectivity index (χ2v) is 5.23. The van der Waals surface area contributed by atoms with Gasteiger partial charge in [0.05, 0.1) is 23.2 Å². The number of pyridine rings is 1. The van der Waals surface area contributed by atoms with Gasteiger partial charge in [-0.3, -0.25) is 9.59 Å². The molecule has 0 aliphatic heterocycles. The third kappa shape index (κ3) is 1.72. The van der Waals surface area contributed by atoms with Crippen LogP contribution in [-0.2, 0) is 6.42 Å². The van der Waals surface area contributed by atoms with Gasteiger partial charge in [-0.05, 0) is 24.1 Å². The van der Waals surface area contributed by atoms with E-state index >= 15 is 0 Å². The van der Waals surface area contributed by atoms with Crippen molar-refractivity contribution < 1.29 is 9.59 Å². The average molecular weight is 276 g/mol. The summed E-state index contributed by atoms with van der Waals surface area (Å²) >= 11 is 0. The third-order valence-corrected chi connectivity index (χ3v) is 4.03. The number of benzene rings is 1. The Hall–Kier alpha value is -2.75. The number of ketones is 2. The summed E-state index contributed by atoms with van der Waals surface area (Å²) in [6.07, 6.45) is 3.82. The van der Waals surface area contributed by atoms with Crippen molar-refractivity contribution in [2.45, 2.75) is 6.42 Å². The van der Waals surface area contributed by atoms with Crippen LogP contribution in [0, 0.1) is 5.92 Å². The maximum absolute atomic E-state index is 12.7. The number of nitrogens with zero attached hydrogens (tertiary/aromatic N) is 2. The van der Waals surface area contributed by atoms with Crippen molar-refractivity contribution >= 4 is 17.1 Å². The van der Waals surface area contributed by atoms with Crippen molar-refractivity contribution in [1.29, 1.82) is 0 Å². The molecule has 102 valence electrons. The molecule has 1 aromatic carbocycles. The van der Waals surface area contributed by atoms with Crippen molar-refractivity contribution in [3.05, 3.63) is 71.5 Å². The summed E-state index contributed by atoms with van der Waals surface area (Å²) in [5.74, 6) is -0.834. The first-order valence-corrected chi connectivity index (χ1v) is 6.84. The predicted molar refractivity (Wildman–Crippen MR) is 77.5 cm³/mol. The van der Waals surface area contributed by atoms with Crippen LogP contribution in [0.25, 0.3) is 5.52 Å². The molecule has 1 unspecified atom stereocenters. The summed E-state index contributed by atoms with van der Waals surface area (Å²) in [7, 11) is 0. The van der Waals surface area contributed by atoms with Gasteiger partial charge in [0, 0.05) is 11.8 Å². The van der Waals surface area contributed by atoms with Crippen molar-refractivity contribution in [3.63, 3.8) is 0 Å². The van der Waals surface area contributed by atoms with E-state index in [9.17, 15) is 9.59 Å². The van der Waals surface area contributed by atoms with Crippen LogP contribution in [0.15, 0.2) is 54.9 Å². The SMILES string of the molecule is O=C1c2ccccc2CC1C(=O)c1cnn2ccccc12. The molecular formula is C17H12N2O2. The molecule has 0 radical (unpaired) electrons. The van der Waals surface area contributed by atoms with Crippen LogP contribution in [0.5, 0.6) is 0 Å². The van der Waals surface area contributed by atoms with E-state index in [1.165, 1.54) is 0 Å². The Bertz CT molecular complexity index is 879. The zero-order valence-corrected chi connectivity index (χ0v) is 11.2. The van der Waals surface area contributed by atoms with Gasteiger partial charge in [-0.25, -0.2) is 4.52 Å². The maximum atomic E-state index is 12.7. The molecule has 4 rings (SSSR count). The van der Waals surface area contributed by atoms with Gasteiger partial charge in [-0.2, -0.15) is 5.10 Å². The minimum absolute atomic E-state index is 0.0779. The lowest BCUT2D eigenvalue weighted by Gasteiger charge is -2.05. The largest absolute Gasteiger partial charge is 0.293 e. The summed E-state index contributed by atoms with van der Waals surface area (Å²) in [5.41, 5.74) is 2.89. The number of carbonyl (C=O) groups is 2. The summed E-state index contributed by atoms with van der Waals surface area (Å²) in [5, 5.41) is 4.17. The Morgan fingerprint density at radius 1 is 1.14 bits per heavy atom. The Morgan fingerprint density at radius 3 is 2.81 bits per heavy atom. The second kappa shape index (κ2) is 4.38. The standard InChI is InChI=1S/C17H12N2O2/c20-16-12-6-2-1-5-11(12)9-13(16)17(21)14-10-18-19-8-4-3-7-15(14)19/h1-8,10,13H,9H2. The molecule has 1 aliphatic carbocycles. The van der Waals surface area contributed by atoms with E-state index in [1.54, 1.807) is 23.0 Å². The van der Waals surface area contributed by atoms with Crippen LogP contribution in [0.4, 0.5) is 0 Å². The van der Waals surface area contributed by atoms with Crippen LogP contribution < -0.4 is 0 Å². The van der Waals surface area contributed by atoms with Gasteiger partial charge >= 0.3 is 0 Å². The number of Topliss-reactive ketones (excluding diaryl/α,β-unsaturated/α-hetero) is 2. The van der Waals surface area contributed by atoms with Crippen molar-refractivity contribution in [3.8, 4) is 0 Å². The number of hydrogen-bond donors (Lipinski definition) is 0. The number of hydrogen-bond acceptors (Lipinski definition) is 3. The molecular weight excluding hydrogens is 264 g/mol. The molecule has 0 saturated heterocycles. The first kappa shape index (κ1) is 12.0. The maximum Gasteiger partial charge on any atom is 0.177 e. The monoisotopic (exact) mass is 276 g/mol. The molecule has 4 nitrogen and oxygen atoms in total. The number of aromatic nitrogens is 2. The molecule has 0 amide bonds. The molecule has 21 heavy (non-hydrogen) atoms. The Morgan fingerprint density at radius 2 is 1.95 bits per heavy atom. The molecule has 2 aromatic heterocycles. The summed E-state index contributed by atoms with van der Waals surface area (Å²) < 4.78 is 1.65. The highest BCUT2D eigenvalue weighted by Crippen LogP contribution is 2.29. The fourth-order valence-electron chi connectivity index (χ4n) is 2.96. The molecule has 0 bridgehead atoms. The van der Waals surface area contributed by atoms with Crippen LogP contribution >= 0.6 is 0 Å². The Labute approximate surface area is 121 Å². The molecule has 4 heteroatoms. The highest BCUT2D eigenvalue weighted by Gasteiger charge is 2.36. The minimum atomic E-state index is -0.615. The quantitative estimate of drug-likeness (QED) is 0.534. The van der Waals surface area contributed by atoms with Gasteiger partial charge in [0.2, 0.25) is 0 Å². The molecule has 1 atom stereocenters. The average Bonchev–Trinajstić information content (AvgIpc) is 3.09. The lowest BCUT2D eigenvalue weighted by molar-refractivity contribution is 0.0823.